The number of hydrogen-bond acceptors (Lipinski definition) is 5. The molecule has 0 aliphatic carbocycles. The molecule has 9 heteroatoms. The second-order valence-corrected chi connectivity index (χ2v) is 5.92. The summed E-state index contributed by atoms with van der Waals surface area (Å²) in [6, 6.07) is 6.60. The molecule has 0 radical (unpaired) electrons. The van der Waals surface area contributed by atoms with Crippen molar-refractivity contribution in [3.63, 3.8) is 0 Å². The minimum atomic E-state index is -0.691. The third kappa shape index (κ3) is 4.18. The smallest absolute Gasteiger partial charge is 0.224 e. The van der Waals surface area contributed by atoms with Crippen LogP contribution < -0.4 is 10.2 Å². The van der Waals surface area contributed by atoms with Crippen LogP contribution in [0.5, 0.6) is 0 Å². The highest BCUT2D eigenvalue weighted by Crippen LogP contribution is 2.16. The zero-order chi connectivity index (χ0) is 19.4. The van der Waals surface area contributed by atoms with Crippen molar-refractivity contribution < 1.29 is 13.6 Å². The van der Waals surface area contributed by atoms with Crippen molar-refractivity contribution in [2.75, 3.05) is 23.3 Å². The van der Waals surface area contributed by atoms with E-state index in [1.807, 2.05) is 26.0 Å². The van der Waals surface area contributed by atoms with Gasteiger partial charge in [-0.05, 0) is 38.1 Å². The summed E-state index contributed by atoms with van der Waals surface area (Å²) in [5.41, 5.74) is 0.394. The number of nitrogens with zero attached hydrogens (tertiary/aromatic N) is 5. The third-order valence-electron chi connectivity index (χ3n) is 4.18. The molecule has 27 heavy (non-hydrogen) atoms. The van der Waals surface area contributed by atoms with E-state index in [4.69, 9.17) is 0 Å². The summed E-state index contributed by atoms with van der Waals surface area (Å²) in [5, 5.41) is 15.0. The standard InChI is InChI=1S/C18H20F2N6O/c1-3-25(4-2)17-8-7-15-22-23-16(26(15)24-17)9-10-18(27)21-14-11-12(19)5-6-13(14)20/h5-8,11H,3-4,9-10H2,1-2H3,(H,21,27). The molecule has 0 bridgehead atoms. The van der Waals surface area contributed by atoms with Gasteiger partial charge in [-0.1, -0.05) is 0 Å². The number of aromatic nitrogens is 4. The first-order valence-corrected chi connectivity index (χ1v) is 8.73. The van der Waals surface area contributed by atoms with Crippen molar-refractivity contribution >= 4 is 23.1 Å². The van der Waals surface area contributed by atoms with Crippen molar-refractivity contribution in [1.82, 2.24) is 19.8 Å². The van der Waals surface area contributed by atoms with Gasteiger partial charge in [-0.3, -0.25) is 4.79 Å². The minimum Gasteiger partial charge on any atom is -0.356 e. The summed E-state index contributed by atoms with van der Waals surface area (Å²) in [4.78, 5) is 14.2. The summed E-state index contributed by atoms with van der Waals surface area (Å²) in [6.45, 7) is 5.71. The lowest BCUT2D eigenvalue weighted by molar-refractivity contribution is -0.116. The molecule has 0 spiro atoms. The van der Waals surface area contributed by atoms with E-state index >= 15 is 0 Å². The Bertz CT molecular complexity index is 954. The molecule has 0 aliphatic rings. The van der Waals surface area contributed by atoms with Gasteiger partial charge in [0.2, 0.25) is 5.91 Å². The van der Waals surface area contributed by atoms with E-state index in [-0.39, 0.29) is 18.5 Å². The fourth-order valence-electron chi connectivity index (χ4n) is 2.73. The zero-order valence-corrected chi connectivity index (χ0v) is 15.1. The molecule has 1 amide bonds. The highest BCUT2D eigenvalue weighted by molar-refractivity contribution is 5.90. The van der Waals surface area contributed by atoms with Crippen molar-refractivity contribution in [3.05, 3.63) is 47.8 Å². The monoisotopic (exact) mass is 374 g/mol. The maximum Gasteiger partial charge on any atom is 0.224 e. The van der Waals surface area contributed by atoms with Gasteiger partial charge in [-0.2, -0.15) is 4.52 Å². The Labute approximate surface area is 155 Å². The first kappa shape index (κ1) is 18.7. The van der Waals surface area contributed by atoms with Crippen molar-refractivity contribution in [2.24, 2.45) is 0 Å². The van der Waals surface area contributed by atoms with Crippen LogP contribution in [0.3, 0.4) is 0 Å². The number of anilines is 2. The maximum atomic E-state index is 13.6. The number of aryl methyl sites for hydroxylation is 1. The fraction of sp³-hybridized carbons (Fsp3) is 0.333. The highest BCUT2D eigenvalue weighted by atomic mass is 19.1. The third-order valence-corrected chi connectivity index (χ3v) is 4.18. The van der Waals surface area contributed by atoms with Crippen LogP contribution in [0.2, 0.25) is 0 Å². The number of benzene rings is 1. The number of fused-ring (bicyclic) bond motifs is 1. The SMILES string of the molecule is CCN(CC)c1ccc2nnc(CCC(=O)Nc3cc(F)ccc3F)n2n1. The summed E-state index contributed by atoms with van der Waals surface area (Å²) in [6.07, 6.45) is 0.298. The van der Waals surface area contributed by atoms with Crippen LogP contribution in [0, 0.1) is 11.6 Å². The second-order valence-electron chi connectivity index (χ2n) is 5.92. The zero-order valence-electron chi connectivity index (χ0n) is 15.1. The second kappa shape index (κ2) is 8.07. The lowest BCUT2D eigenvalue weighted by Crippen LogP contribution is -2.23. The lowest BCUT2D eigenvalue weighted by atomic mass is 10.2. The van der Waals surface area contributed by atoms with E-state index in [9.17, 15) is 13.6 Å². The van der Waals surface area contributed by atoms with Gasteiger partial charge in [-0.15, -0.1) is 15.3 Å². The Balaban J connectivity index is 1.72. The molecule has 0 saturated heterocycles. The van der Waals surface area contributed by atoms with E-state index in [0.29, 0.717) is 11.5 Å². The van der Waals surface area contributed by atoms with Gasteiger partial charge in [0.15, 0.2) is 11.5 Å². The summed E-state index contributed by atoms with van der Waals surface area (Å²) in [5.74, 6) is -0.448. The van der Waals surface area contributed by atoms with Crippen LogP contribution in [0.15, 0.2) is 30.3 Å². The largest absolute Gasteiger partial charge is 0.356 e. The van der Waals surface area contributed by atoms with E-state index in [0.717, 1.165) is 37.1 Å². The number of carbonyl (C=O) groups is 1. The molecule has 2 heterocycles. The number of halogens is 2. The molecule has 142 valence electrons. The van der Waals surface area contributed by atoms with Gasteiger partial charge in [0, 0.05) is 32.0 Å². The van der Waals surface area contributed by atoms with Crippen molar-refractivity contribution in [1.29, 1.82) is 0 Å². The summed E-state index contributed by atoms with van der Waals surface area (Å²) >= 11 is 0. The number of amides is 1. The van der Waals surface area contributed by atoms with E-state index in [2.05, 4.69) is 25.5 Å². The van der Waals surface area contributed by atoms with Crippen LogP contribution in [0.4, 0.5) is 20.3 Å². The van der Waals surface area contributed by atoms with Gasteiger partial charge in [0.05, 0.1) is 5.69 Å². The topological polar surface area (TPSA) is 75.4 Å². The van der Waals surface area contributed by atoms with E-state index < -0.39 is 17.5 Å². The van der Waals surface area contributed by atoms with Gasteiger partial charge < -0.3 is 10.2 Å². The van der Waals surface area contributed by atoms with Gasteiger partial charge in [-0.25, -0.2) is 8.78 Å². The molecule has 0 saturated carbocycles. The predicted molar refractivity (Wildman–Crippen MR) is 97.7 cm³/mol. The fourth-order valence-corrected chi connectivity index (χ4v) is 2.73. The Morgan fingerprint density at radius 3 is 2.67 bits per heavy atom. The maximum absolute atomic E-state index is 13.6. The Hall–Kier alpha value is -3.10. The quantitative estimate of drug-likeness (QED) is 0.688. The van der Waals surface area contributed by atoms with Crippen molar-refractivity contribution in [3.8, 4) is 0 Å². The molecule has 0 aliphatic heterocycles. The average molecular weight is 374 g/mol. The van der Waals surface area contributed by atoms with Crippen LogP contribution in [0.25, 0.3) is 5.65 Å². The molecule has 0 atom stereocenters. The number of rotatable bonds is 7. The van der Waals surface area contributed by atoms with Crippen LogP contribution in [0.1, 0.15) is 26.1 Å². The Morgan fingerprint density at radius 2 is 1.93 bits per heavy atom. The highest BCUT2D eigenvalue weighted by Gasteiger charge is 2.13. The number of hydrogen-bond donors (Lipinski definition) is 1. The van der Waals surface area contributed by atoms with Crippen LogP contribution in [-0.2, 0) is 11.2 Å². The average Bonchev–Trinajstić information content (AvgIpc) is 3.06. The number of carbonyl (C=O) groups excluding carboxylic acids is 1. The lowest BCUT2D eigenvalue weighted by Gasteiger charge is -2.19. The van der Waals surface area contributed by atoms with Crippen LogP contribution >= 0.6 is 0 Å². The first-order chi connectivity index (χ1) is 13.0. The Morgan fingerprint density at radius 1 is 1.15 bits per heavy atom. The molecule has 7 nitrogen and oxygen atoms in total. The summed E-state index contributed by atoms with van der Waals surface area (Å²) < 4.78 is 28.4. The van der Waals surface area contributed by atoms with Crippen molar-refractivity contribution in [2.45, 2.75) is 26.7 Å². The molecule has 3 aromatic rings. The van der Waals surface area contributed by atoms with Crippen LogP contribution in [-0.4, -0.2) is 38.8 Å². The molecular weight excluding hydrogens is 354 g/mol. The van der Waals surface area contributed by atoms with E-state index in [1.165, 1.54) is 0 Å². The molecule has 0 fully saturated rings. The first-order valence-electron chi connectivity index (χ1n) is 8.73. The molecule has 3 rings (SSSR count). The van der Waals surface area contributed by atoms with E-state index in [1.54, 1.807) is 4.52 Å². The molecule has 2 aromatic heterocycles. The predicted octanol–water partition coefficient (Wildman–Crippen LogP) is 2.82. The minimum absolute atomic E-state index is 0.0356. The van der Waals surface area contributed by atoms with Gasteiger partial charge >= 0.3 is 0 Å². The number of nitrogens with one attached hydrogen (secondary N) is 1. The Kier molecular flexibility index (Phi) is 5.58. The summed E-state index contributed by atoms with van der Waals surface area (Å²) in [7, 11) is 0. The molecule has 1 N–H and O–H groups in total. The van der Waals surface area contributed by atoms with Gasteiger partial charge in [0.1, 0.15) is 17.5 Å². The normalized spacial score (nSPS) is 11.0. The molecule has 0 unspecified atom stereocenters. The van der Waals surface area contributed by atoms with Gasteiger partial charge in [0.25, 0.3) is 0 Å². The molecular formula is C18H20F2N6O. The molecule has 1 aromatic carbocycles.